The van der Waals surface area contributed by atoms with E-state index in [4.69, 9.17) is 9.47 Å². The smallest absolute Gasteiger partial charge is 0.271 e. The number of benzene rings is 3. The number of aromatic nitrogens is 4. The molecule has 2 aliphatic rings. The molecule has 0 bridgehead atoms. The van der Waals surface area contributed by atoms with Gasteiger partial charge >= 0.3 is 0 Å². The van der Waals surface area contributed by atoms with Crippen LogP contribution in [0.15, 0.2) is 97.5 Å². The molecule has 7 rings (SSSR count). The van der Waals surface area contributed by atoms with Gasteiger partial charge in [-0.1, -0.05) is 60.7 Å². The fourth-order valence-electron chi connectivity index (χ4n) is 6.04. The van der Waals surface area contributed by atoms with Crippen molar-refractivity contribution in [1.29, 1.82) is 0 Å². The number of carbonyl (C=O) groups is 1. The zero-order chi connectivity index (χ0) is 32.0. The van der Waals surface area contributed by atoms with E-state index in [2.05, 4.69) is 35.1 Å². The first-order valence-electron chi connectivity index (χ1n) is 15.9. The number of carbonyl (C=O) groups excluding carboxylic acids is 1. The molecule has 47 heavy (non-hydrogen) atoms. The van der Waals surface area contributed by atoms with Gasteiger partial charge in [0.1, 0.15) is 5.69 Å². The van der Waals surface area contributed by atoms with Crippen molar-refractivity contribution in [3.05, 3.63) is 125 Å². The number of aliphatic hydroxyl groups excluding tert-OH is 1. The van der Waals surface area contributed by atoms with Crippen molar-refractivity contribution in [2.45, 2.75) is 38.1 Å². The molecule has 0 unspecified atom stereocenters. The SMILES string of the molecule is O=C(NCc1ccc([C@@H]2O[C@H](CN3CCN(c4ncccn4)CC3)C[C@H](c3ccc(CO)cc3)O2)cc1)c1cnc2ccccc2n1. The topological polar surface area (TPSA) is 126 Å². The largest absolute Gasteiger partial charge is 0.392 e. The molecule has 11 nitrogen and oxygen atoms in total. The van der Waals surface area contributed by atoms with Gasteiger partial charge in [0.15, 0.2) is 6.29 Å². The minimum Gasteiger partial charge on any atom is -0.392 e. The summed E-state index contributed by atoms with van der Waals surface area (Å²) in [4.78, 5) is 35.0. The van der Waals surface area contributed by atoms with Crippen LogP contribution in [0.25, 0.3) is 11.0 Å². The highest BCUT2D eigenvalue weighted by molar-refractivity contribution is 5.93. The van der Waals surface area contributed by atoms with Crippen molar-refractivity contribution in [3.63, 3.8) is 0 Å². The number of piperazine rings is 1. The normalized spacial score (nSPS) is 20.3. The lowest BCUT2D eigenvalue weighted by atomic mass is 9.99. The van der Waals surface area contributed by atoms with Gasteiger partial charge in [-0.05, 0) is 34.9 Å². The number of anilines is 1. The Labute approximate surface area is 273 Å². The van der Waals surface area contributed by atoms with Crippen molar-refractivity contribution in [1.82, 2.24) is 30.2 Å². The molecule has 0 radical (unpaired) electrons. The summed E-state index contributed by atoms with van der Waals surface area (Å²) in [5.41, 5.74) is 5.49. The van der Waals surface area contributed by atoms with Gasteiger partial charge < -0.3 is 24.8 Å². The third-order valence-corrected chi connectivity index (χ3v) is 8.67. The van der Waals surface area contributed by atoms with Gasteiger partial charge in [0.05, 0.1) is 36.0 Å². The van der Waals surface area contributed by atoms with Gasteiger partial charge in [0.2, 0.25) is 5.95 Å². The summed E-state index contributed by atoms with van der Waals surface area (Å²) < 4.78 is 13.1. The maximum Gasteiger partial charge on any atom is 0.271 e. The Kier molecular flexibility index (Phi) is 9.38. The van der Waals surface area contributed by atoms with Gasteiger partial charge in [-0.15, -0.1) is 0 Å². The van der Waals surface area contributed by atoms with E-state index >= 15 is 0 Å². The van der Waals surface area contributed by atoms with E-state index in [0.29, 0.717) is 12.1 Å². The van der Waals surface area contributed by atoms with Crippen LogP contribution in [0.5, 0.6) is 0 Å². The molecule has 1 amide bonds. The number of hydrogen-bond donors (Lipinski definition) is 2. The molecular formula is C36H37N7O4. The molecule has 240 valence electrons. The Morgan fingerprint density at radius 3 is 2.26 bits per heavy atom. The second-order valence-electron chi connectivity index (χ2n) is 11.9. The number of aliphatic hydroxyl groups is 1. The van der Waals surface area contributed by atoms with Crippen LogP contribution < -0.4 is 10.2 Å². The van der Waals surface area contributed by atoms with Gasteiger partial charge in [-0.2, -0.15) is 0 Å². The maximum atomic E-state index is 12.8. The van der Waals surface area contributed by atoms with Crippen LogP contribution in [0.2, 0.25) is 0 Å². The first-order chi connectivity index (χ1) is 23.1. The van der Waals surface area contributed by atoms with Gasteiger partial charge in [0.25, 0.3) is 5.91 Å². The van der Waals surface area contributed by atoms with E-state index in [9.17, 15) is 9.90 Å². The lowest BCUT2D eigenvalue weighted by molar-refractivity contribution is -0.253. The molecule has 3 aromatic carbocycles. The highest BCUT2D eigenvalue weighted by Crippen LogP contribution is 2.38. The van der Waals surface area contributed by atoms with Crippen molar-refractivity contribution in [3.8, 4) is 0 Å². The minimum absolute atomic E-state index is 0.00260. The lowest BCUT2D eigenvalue weighted by Crippen LogP contribution is -2.50. The zero-order valence-corrected chi connectivity index (χ0v) is 26.0. The zero-order valence-electron chi connectivity index (χ0n) is 26.0. The quantitative estimate of drug-likeness (QED) is 0.244. The van der Waals surface area contributed by atoms with Crippen LogP contribution in [0.3, 0.4) is 0 Å². The molecule has 0 spiro atoms. The second kappa shape index (κ2) is 14.3. The van der Waals surface area contributed by atoms with Crippen LogP contribution in [-0.2, 0) is 22.6 Å². The summed E-state index contributed by atoms with van der Waals surface area (Å²) >= 11 is 0. The lowest BCUT2D eigenvalue weighted by Gasteiger charge is -2.40. The van der Waals surface area contributed by atoms with Crippen molar-refractivity contribution in [2.75, 3.05) is 37.6 Å². The molecule has 3 atom stereocenters. The number of hydrogen-bond acceptors (Lipinski definition) is 10. The highest BCUT2D eigenvalue weighted by Gasteiger charge is 2.34. The van der Waals surface area contributed by atoms with Crippen LogP contribution in [0.1, 0.15) is 51.6 Å². The molecule has 2 aliphatic heterocycles. The Bertz CT molecular complexity index is 1780. The average molecular weight is 632 g/mol. The van der Waals surface area contributed by atoms with E-state index in [1.807, 2.05) is 78.9 Å². The van der Waals surface area contributed by atoms with E-state index in [0.717, 1.165) is 72.9 Å². The van der Waals surface area contributed by atoms with Gasteiger partial charge in [-0.25, -0.2) is 15.0 Å². The Morgan fingerprint density at radius 2 is 1.51 bits per heavy atom. The molecule has 2 saturated heterocycles. The van der Waals surface area contributed by atoms with Crippen LogP contribution in [0.4, 0.5) is 5.95 Å². The standard InChI is InChI=1S/C36H37N7O4/c44-24-26-8-10-27(11-9-26)33-20-29(23-42-16-18-43(19-17-42)36-37-14-3-15-38-36)46-35(47-33)28-12-6-25(7-13-28)21-40-34(45)32-22-39-30-4-1-2-5-31(30)41-32/h1-15,22,29,33,35,44H,16-21,23-24H2,(H,40,45)/t29-,33+,35+/m0/s1. The molecule has 2 aromatic heterocycles. The predicted molar refractivity (Wildman–Crippen MR) is 176 cm³/mol. The highest BCUT2D eigenvalue weighted by atomic mass is 16.7. The van der Waals surface area contributed by atoms with Gasteiger partial charge in [0, 0.05) is 63.6 Å². The fraction of sp³-hybridized carbons (Fsp3) is 0.306. The van der Waals surface area contributed by atoms with Crippen molar-refractivity contribution >= 4 is 22.9 Å². The van der Waals surface area contributed by atoms with E-state index in [1.54, 1.807) is 12.4 Å². The van der Waals surface area contributed by atoms with Gasteiger partial charge in [-0.3, -0.25) is 14.7 Å². The van der Waals surface area contributed by atoms with Crippen LogP contribution >= 0.6 is 0 Å². The number of ether oxygens (including phenoxy) is 2. The number of rotatable bonds is 9. The molecular weight excluding hydrogens is 594 g/mol. The summed E-state index contributed by atoms with van der Waals surface area (Å²) in [7, 11) is 0. The monoisotopic (exact) mass is 631 g/mol. The third-order valence-electron chi connectivity index (χ3n) is 8.67. The van der Waals surface area contributed by atoms with E-state index in [1.165, 1.54) is 6.20 Å². The number of amides is 1. The Morgan fingerprint density at radius 1 is 0.809 bits per heavy atom. The summed E-state index contributed by atoms with van der Waals surface area (Å²) in [6.07, 6.45) is 5.03. The molecule has 5 aromatic rings. The van der Waals surface area contributed by atoms with Crippen LogP contribution in [-0.4, -0.2) is 74.7 Å². The summed E-state index contributed by atoms with van der Waals surface area (Å²) in [6, 6.07) is 25.2. The summed E-state index contributed by atoms with van der Waals surface area (Å²) in [6.45, 7) is 4.64. The van der Waals surface area contributed by atoms with Crippen molar-refractivity contribution in [2.24, 2.45) is 0 Å². The maximum absolute atomic E-state index is 12.8. The van der Waals surface area contributed by atoms with E-state index < -0.39 is 6.29 Å². The molecule has 11 heteroatoms. The first-order valence-corrected chi connectivity index (χ1v) is 15.9. The fourth-order valence-corrected chi connectivity index (χ4v) is 6.04. The average Bonchev–Trinajstić information content (AvgIpc) is 3.14. The Hall–Kier alpha value is -4.81. The summed E-state index contributed by atoms with van der Waals surface area (Å²) in [5, 5.41) is 12.5. The molecule has 0 saturated carbocycles. The summed E-state index contributed by atoms with van der Waals surface area (Å²) in [5.74, 6) is 0.493. The molecule has 2 N–H and O–H groups in total. The number of fused-ring (bicyclic) bond motifs is 1. The van der Waals surface area contributed by atoms with Crippen LogP contribution in [0, 0.1) is 0 Å². The molecule has 2 fully saturated rings. The molecule has 4 heterocycles. The number of nitrogens with zero attached hydrogens (tertiary/aromatic N) is 6. The Balaban J connectivity index is 1.00. The third kappa shape index (κ3) is 7.44. The molecule has 0 aliphatic carbocycles. The second-order valence-corrected chi connectivity index (χ2v) is 11.9. The number of nitrogens with one attached hydrogen (secondary N) is 1. The predicted octanol–water partition coefficient (Wildman–Crippen LogP) is 4.21. The van der Waals surface area contributed by atoms with Crippen molar-refractivity contribution < 1.29 is 19.4 Å². The minimum atomic E-state index is -0.549. The first kappa shape index (κ1) is 30.8. The number of para-hydroxylation sites is 2. The van der Waals surface area contributed by atoms with E-state index in [-0.39, 0.29) is 30.4 Å².